The molecule has 0 spiro atoms. The number of pyridine rings is 1. The monoisotopic (exact) mass is 276 g/mol. The van der Waals surface area contributed by atoms with Gasteiger partial charge in [-0.2, -0.15) is 0 Å². The fraction of sp³-hybridized carbons (Fsp3) is 0.600. The van der Waals surface area contributed by atoms with E-state index in [4.69, 9.17) is 5.73 Å². The van der Waals surface area contributed by atoms with E-state index < -0.39 is 0 Å². The summed E-state index contributed by atoms with van der Waals surface area (Å²) in [6.45, 7) is 4.23. The number of rotatable bonds is 4. The lowest BCUT2D eigenvalue weighted by Gasteiger charge is -2.34. The molecule has 0 aromatic carbocycles. The molecule has 5 heteroatoms. The molecule has 2 unspecified atom stereocenters. The summed E-state index contributed by atoms with van der Waals surface area (Å²) in [5.41, 5.74) is 7.41. The summed E-state index contributed by atoms with van der Waals surface area (Å²) in [6.07, 6.45) is 5.48. The van der Waals surface area contributed by atoms with Gasteiger partial charge in [-0.25, -0.2) is 0 Å². The number of nitrogens with zero attached hydrogens (tertiary/aromatic N) is 3. The lowest BCUT2D eigenvalue weighted by Crippen LogP contribution is -2.44. The summed E-state index contributed by atoms with van der Waals surface area (Å²) in [6, 6.07) is 4.04. The van der Waals surface area contributed by atoms with Crippen LogP contribution in [0.25, 0.3) is 0 Å². The zero-order valence-electron chi connectivity index (χ0n) is 12.3. The minimum atomic E-state index is 0.00964. The van der Waals surface area contributed by atoms with Crippen LogP contribution in [0.2, 0.25) is 0 Å². The van der Waals surface area contributed by atoms with Gasteiger partial charge in [0.15, 0.2) is 0 Å². The van der Waals surface area contributed by atoms with Crippen molar-refractivity contribution in [2.75, 3.05) is 26.7 Å². The van der Waals surface area contributed by atoms with Crippen molar-refractivity contribution in [3.63, 3.8) is 0 Å². The number of carbonyl (C=O) groups excluding carboxylic acids is 1. The molecule has 2 rings (SSSR count). The van der Waals surface area contributed by atoms with Crippen LogP contribution in [0.5, 0.6) is 0 Å². The van der Waals surface area contributed by atoms with Gasteiger partial charge in [-0.1, -0.05) is 13.0 Å². The standard InChI is InChI=1S/C15H24N4O/c1-3-13(16)15(12-6-4-7-17-10-12)19-9-5-8-18(2)14(20)11-19/h4,6-7,10,13,15H,3,5,8-9,11,16H2,1-2H3. The topological polar surface area (TPSA) is 62.5 Å². The Morgan fingerprint density at radius 3 is 2.90 bits per heavy atom. The van der Waals surface area contributed by atoms with Crippen molar-refractivity contribution < 1.29 is 4.79 Å². The molecule has 2 heterocycles. The highest BCUT2D eigenvalue weighted by molar-refractivity contribution is 5.78. The molecular weight excluding hydrogens is 252 g/mol. The number of hydrogen-bond donors (Lipinski definition) is 1. The summed E-state index contributed by atoms with van der Waals surface area (Å²) in [7, 11) is 1.87. The summed E-state index contributed by atoms with van der Waals surface area (Å²) in [5.74, 6) is 0.166. The highest BCUT2D eigenvalue weighted by atomic mass is 16.2. The lowest BCUT2D eigenvalue weighted by molar-refractivity contribution is -0.130. The SMILES string of the molecule is CCC(N)C(c1cccnc1)N1CCCN(C)C(=O)C1. The smallest absolute Gasteiger partial charge is 0.236 e. The molecule has 1 aromatic heterocycles. The molecule has 1 aliphatic heterocycles. The van der Waals surface area contributed by atoms with Crippen molar-refractivity contribution in [1.29, 1.82) is 0 Å². The van der Waals surface area contributed by atoms with Gasteiger partial charge in [0.25, 0.3) is 0 Å². The molecule has 1 fully saturated rings. The largest absolute Gasteiger partial charge is 0.345 e. The van der Waals surface area contributed by atoms with E-state index in [1.807, 2.05) is 25.4 Å². The third-order valence-electron chi connectivity index (χ3n) is 4.00. The summed E-state index contributed by atoms with van der Waals surface area (Å²) < 4.78 is 0. The number of carbonyl (C=O) groups is 1. The van der Waals surface area contributed by atoms with Gasteiger partial charge < -0.3 is 10.6 Å². The van der Waals surface area contributed by atoms with Gasteiger partial charge in [0, 0.05) is 38.6 Å². The number of nitrogens with two attached hydrogens (primary N) is 1. The predicted molar refractivity (Wildman–Crippen MR) is 79.1 cm³/mol. The first kappa shape index (κ1) is 14.9. The van der Waals surface area contributed by atoms with Gasteiger partial charge in [0.2, 0.25) is 5.91 Å². The minimum absolute atomic E-state index is 0.00964. The zero-order chi connectivity index (χ0) is 14.5. The number of hydrogen-bond acceptors (Lipinski definition) is 4. The maximum absolute atomic E-state index is 12.1. The summed E-state index contributed by atoms with van der Waals surface area (Å²) in [4.78, 5) is 20.3. The van der Waals surface area contributed by atoms with Crippen LogP contribution in [0.15, 0.2) is 24.5 Å². The van der Waals surface area contributed by atoms with Crippen LogP contribution in [0.4, 0.5) is 0 Å². The second-order valence-electron chi connectivity index (χ2n) is 5.44. The molecule has 1 saturated heterocycles. The molecule has 0 radical (unpaired) electrons. The van der Waals surface area contributed by atoms with Gasteiger partial charge in [-0.15, -0.1) is 0 Å². The minimum Gasteiger partial charge on any atom is -0.345 e. The highest BCUT2D eigenvalue weighted by Gasteiger charge is 2.29. The van der Waals surface area contributed by atoms with Gasteiger partial charge in [0.1, 0.15) is 0 Å². The fourth-order valence-electron chi connectivity index (χ4n) is 2.75. The first-order valence-electron chi connectivity index (χ1n) is 7.27. The number of likely N-dealkylation sites (N-methyl/N-ethyl adjacent to an activating group) is 1. The van der Waals surface area contributed by atoms with Crippen LogP contribution in [-0.2, 0) is 4.79 Å². The van der Waals surface area contributed by atoms with Crippen molar-refractivity contribution >= 4 is 5.91 Å². The Labute approximate surface area is 120 Å². The average molecular weight is 276 g/mol. The highest BCUT2D eigenvalue weighted by Crippen LogP contribution is 2.25. The van der Waals surface area contributed by atoms with Gasteiger partial charge in [-0.05, 0) is 24.5 Å². The molecule has 2 N–H and O–H groups in total. The fourth-order valence-corrected chi connectivity index (χ4v) is 2.75. The molecule has 1 aliphatic rings. The van der Waals surface area contributed by atoms with E-state index >= 15 is 0 Å². The van der Waals surface area contributed by atoms with Crippen LogP contribution in [0, 0.1) is 0 Å². The quantitative estimate of drug-likeness (QED) is 0.892. The predicted octanol–water partition coefficient (Wildman–Crippen LogP) is 1.02. The van der Waals surface area contributed by atoms with Gasteiger partial charge >= 0.3 is 0 Å². The average Bonchev–Trinajstić information content (AvgIpc) is 2.62. The molecule has 0 saturated carbocycles. The van der Waals surface area contributed by atoms with Crippen LogP contribution < -0.4 is 5.73 Å². The van der Waals surface area contributed by atoms with Crippen molar-refractivity contribution in [2.24, 2.45) is 5.73 Å². The molecule has 110 valence electrons. The molecule has 20 heavy (non-hydrogen) atoms. The second kappa shape index (κ2) is 6.81. The van der Waals surface area contributed by atoms with Crippen molar-refractivity contribution in [2.45, 2.75) is 31.8 Å². The van der Waals surface area contributed by atoms with E-state index in [1.165, 1.54) is 0 Å². The van der Waals surface area contributed by atoms with E-state index in [9.17, 15) is 4.79 Å². The Bertz CT molecular complexity index is 437. The number of amides is 1. The van der Waals surface area contributed by atoms with Gasteiger partial charge in [-0.3, -0.25) is 14.7 Å². The van der Waals surface area contributed by atoms with Gasteiger partial charge in [0.05, 0.1) is 12.6 Å². The summed E-state index contributed by atoms with van der Waals surface area (Å²) in [5, 5.41) is 0. The normalized spacial score (nSPS) is 20.6. The van der Waals surface area contributed by atoms with E-state index in [-0.39, 0.29) is 18.0 Å². The third kappa shape index (κ3) is 3.35. The Kier molecular flexibility index (Phi) is 5.09. The Morgan fingerprint density at radius 1 is 1.45 bits per heavy atom. The maximum Gasteiger partial charge on any atom is 0.236 e. The van der Waals surface area contributed by atoms with E-state index in [0.717, 1.165) is 31.5 Å². The Morgan fingerprint density at radius 2 is 2.25 bits per heavy atom. The molecule has 0 bridgehead atoms. The van der Waals surface area contributed by atoms with Crippen molar-refractivity contribution in [3.8, 4) is 0 Å². The zero-order valence-corrected chi connectivity index (χ0v) is 12.3. The molecule has 1 amide bonds. The molecule has 5 nitrogen and oxygen atoms in total. The summed E-state index contributed by atoms with van der Waals surface area (Å²) >= 11 is 0. The van der Waals surface area contributed by atoms with Crippen molar-refractivity contribution in [3.05, 3.63) is 30.1 Å². The molecule has 1 aromatic rings. The van der Waals surface area contributed by atoms with Crippen LogP contribution in [0.1, 0.15) is 31.4 Å². The first-order chi connectivity index (χ1) is 9.63. The Hall–Kier alpha value is -1.46. The van der Waals surface area contributed by atoms with E-state index in [2.05, 4.69) is 16.8 Å². The van der Waals surface area contributed by atoms with Crippen LogP contribution in [-0.4, -0.2) is 53.4 Å². The second-order valence-corrected chi connectivity index (χ2v) is 5.44. The van der Waals surface area contributed by atoms with E-state index in [1.54, 1.807) is 11.1 Å². The number of aromatic nitrogens is 1. The maximum atomic E-state index is 12.1. The third-order valence-corrected chi connectivity index (χ3v) is 4.00. The van der Waals surface area contributed by atoms with Crippen molar-refractivity contribution in [1.82, 2.24) is 14.8 Å². The van der Waals surface area contributed by atoms with Crippen LogP contribution >= 0.6 is 0 Å². The van der Waals surface area contributed by atoms with E-state index in [0.29, 0.717) is 6.54 Å². The van der Waals surface area contributed by atoms with Crippen LogP contribution in [0.3, 0.4) is 0 Å². The lowest BCUT2D eigenvalue weighted by atomic mass is 9.97. The molecular formula is C15H24N4O. The first-order valence-corrected chi connectivity index (χ1v) is 7.27. The molecule has 2 atom stereocenters. The molecule has 0 aliphatic carbocycles. The Balaban J connectivity index is 2.24.